The molecule has 3 aromatic rings. The molecule has 2 aromatic heterocycles. The molecule has 0 bridgehead atoms. The van der Waals surface area contributed by atoms with Gasteiger partial charge in [0.25, 0.3) is 12.0 Å². The molecule has 0 amide bonds. The summed E-state index contributed by atoms with van der Waals surface area (Å²) < 4.78 is 41.4. The van der Waals surface area contributed by atoms with Crippen LogP contribution in [0.3, 0.4) is 0 Å². The van der Waals surface area contributed by atoms with Crippen molar-refractivity contribution < 1.29 is 13.2 Å². The van der Waals surface area contributed by atoms with Crippen LogP contribution in [0.2, 0.25) is 0 Å². The predicted octanol–water partition coefficient (Wildman–Crippen LogP) is 3.58. The van der Waals surface area contributed by atoms with Crippen molar-refractivity contribution in [1.82, 2.24) is 14.5 Å². The minimum absolute atomic E-state index is 0.106. The van der Waals surface area contributed by atoms with Crippen LogP contribution in [0.25, 0.3) is 11.0 Å². The fraction of sp³-hybridized carbons (Fsp3) is 0.235. The summed E-state index contributed by atoms with van der Waals surface area (Å²) >= 11 is 0. The minimum atomic E-state index is -2.89. The van der Waals surface area contributed by atoms with Crippen molar-refractivity contribution in [1.29, 1.82) is 0 Å². The maximum absolute atomic E-state index is 14.3. The van der Waals surface area contributed by atoms with Gasteiger partial charge in [0.05, 0.1) is 17.0 Å². The molecule has 3 rings (SSSR count). The number of aromatic nitrogens is 3. The maximum atomic E-state index is 14.3. The summed E-state index contributed by atoms with van der Waals surface area (Å²) in [6, 6.07) is 6.22. The van der Waals surface area contributed by atoms with Crippen molar-refractivity contribution in [3.8, 4) is 0 Å². The van der Waals surface area contributed by atoms with Crippen LogP contribution < -0.4 is 10.9 Å². The number of pyridine rings is 1. The standard InChI is InChI=1S/C17H15F3N4O/c1-9(10-4-3-5-11(14(10)18)15(19)20)23-16-12-6-7-13(25)24(2)17(12)22-8-21-16/h3-9,15H,1-2H3,(H,21,22,23). The van der Waals surface area contributed by atoms with E-state index in [4.69, 9.17) is 0 Å². The second-order valence-corrected chi connectivity index (χ2v) is 5.61. The smallest absolute Gasteiger partial charge is 0.266 e. The van der Waals surface area contributed by atoms with Gasteiger partial charge in [-0.1, -0.05) is 18.2 Å². The molecule has 0 radical (unpaired) electrons. The second kappa shape index (κ2) is 6.54. The van der Waals surface area contributed by atoms with Crippen LogP contribution in [0.4, 0.5) is 19.0 Å². The number of benzene rings is 1. The van der Waals surface area contributed by atoms with E-state index < -0.39 is 23.8 Å². The topological polar surface area (TPSA) is 59.8 Å². The molecule has 8 heteroatoms. The number of anilines is 1. The first-order valence-electron chi connectivity index (χ1n) is 7.54. The highest BCUT2D eigenvalue weighted by molar-refractivity contribution is 5.86. The normalized spacial score (nSPS) is 12.6. The number of alkyl halides is 2. The first-order chi connectivity index (χ1) is 11.9. The quantitative estimate of drug-likeness (QED) is 0.783. The summed E-state index contributed by atoms with van der Waals surface area (Å²) in [6.07, 6.45) is -1.61. The van der Waals surface area contributed by atoms with Gasteiger partial charge >= 0.3 is 0 Å². The van der Waals surface area contributed by atoms with E-state index in [9.17, 15) is 18.0 Å². The molecule has 1 N–H and O–H groups in total. The highest BCUT2D eigenvalue weighted by atomic mass is 19.3. The number of nitrogens with zero attached hydrogens (tertiary/aromatic N) is 3. The number of fused-ring (bicyclic) bond motifs is 1. The minimum Gasteiger partial charge on any atom is -0.363 e. The number of nitrogens with one attached hydrogen (secondary N) is 1. The number of aryl methyl sites for hydroxylation is 1. The zero-order valence-corrected chi connectivity index (χ0v) is 13.5. The van der Waals surface area contributed by atoms with E-state index in [2.05, 4.69) is 15.3 Å². The average Bonchev–Trinajstić information content (AvgIpc) is 2.58. The van der Waals surface area contributed by atoms with Gasteiger partial charge in [-0.05, 0) is 13.0 Å². The Morgan fingerprint density at radius 3 is 2.56 bits per heavy atom. The Balaban J connectivity index is 2.01. The molecule has 1 atom stereocenters. The Bertz CT molecular complexity index is 987. The third-order valence-electron chi connectivity index (χ3n) is 4.02. The van der Waals surface area contributed by atoms with Crippen LogP contribution in [0.15, 0.2) is 41.5 Å². The number of hydrogen-bond donors (Lipinski definition) is 1. The summed E-state index contributed by atoms with van der Waals surface area (Å²) in [5, 5.41) is 3.57. The van der Waals surface area contributed by atoms with Crippen molar-refractivity contribution in [2.24, 2.45) is 7.05 Å². The molecular weight excluding hydrogens is 333 g/mol. The maximum Gasteiger partial charge on any atom is 0.266 e. The van der Waals surface area contributed by atoms with Gasteiger partial charge in [0.2, 0.25) is 0 Å². The Morgan fingerprint density at radius 2 is 1.84 bits per heavy atom. The molecule has 0 spiro atoms. The molecule has 0 aliphatic carbocycles. The third-order valence-corrected chi connectivity index (χ3v) is 4.02. The summed E-state index contributed by atoms with van der Waals surface area (Å²) in [5.41, 5.74) is -0.338. The molecule has 0 fully saturated rings. The zero-order valence-electron chi connectivity index (χ0n) is 13.5. The molecule has 0 aliphatic heterocycles. The Morgan fingerprint density at radius 1 is 1.12 bits per heavy atom. The number of hydrogen-bond acceptors (Lipinski definition) is 4. The van der Waals surface area contributed by atoms with Gasteiger partial charge in [-0.2, -0.15) is 0 Å². The van der Waals surface area contributed by atoms with E-state index in [1.165, 1.54) is 29.1 Å². The number of rotatable bonds is 4. The molecule has 0 aliphatic rings. The van der Waals surface area contributed by atoms with Crippen molar-refractivity contribution >= 4 is 16.9 Å². The highest BCUT2D eigenvalue weighted by Crippen LogP contribution is 2.29. The lowest BCUT2D eigenvalue weighted by Gasteiger charge is -2.18. The van der Waals surface area contributed by atoms with Crippen LogP contribution in [-0.4, -0.2) is 14.5 Å². The van der Waals surface area contributed by atoms with E-state index in [1.54, 1.807) is 20.0 Å². The predicted molar refractivity (Wildman–Crippen MR) is 88.2 cm³/mol. The largest absolute Gasteiger partial charge is 0.363 e. The van der Waals surface area contributed by atoms with E-state index in [1.807, 2.05) is 0 Å². The van der Waals surface area contributed by atoms with Gasteiger partial charge in [-0.15, -0.1) is 0 Å². The average molecular weight is 348 g/mol. The Labute approximate surface area is 141 Å². The van der Waals surface area contributed by atoms with E-state index in [0.29, 0.717) is 16.9 Å². The molecule has 0 saturated carbocycles. The summed E-state index contributed by atoms with van der Waals surface area (Å²) in [6.45, 7) is 1.64. The van der Waals surface area contributed by atoms with E-state index >= 15 is 0 Å². The molecule has 130 valence electrons. The second-order valence-electron chi connectivity index (χ2n) is 5.61. The highest BCUT2D eigenvalue weighted by Gasteiger charge is 2.20. The van der Waals surface area contributed by atoms with Crippen LogP contribution in [0.5, 0.6) is 0 Å². The third kappa shape index (κ3) is 3.07. The van der Waals surface area contributed by atoms with Crippen LogP contribution in [0.1, 0.15) is 30.5 Å². The molecule has 0 saturated heterocycles. The molecule has 2 heterocycles. The van der Waals surface area contributed by atoms with Gasteiger partial charge < -0.3 is 5.32 Å². The molecular formula is C17H15F3N4O. The van der Waals surface area contributed by atoms with Gasteiger partial charge in [0.15, 0.2) is 0 Å². The lowest BCUT2D eigenvalue weighted by Crippen LogP contribution is -2.17. The Kier molecular flexibility index (Phi) is 4.43. The summed E-state index contributed by atoms with van der Waals surface area (Å²) in [4.78, 5) is 19.9. The van der Waals surface area contributed by atoms with Gasteiger partial charge in [0, 0.05) is 18.7 Å². The molecule has 1 aromatic carbocycles. The van der Waals surface area contributed by atoms with Crippen LogP contribution in [-0.2, 0) is 7.05 Å². The van der Waals surface area contributed by atoms with E-state index in [-0.39, 0.29) is 11.1 Å². The van der Waals surface area contributed by atoms with Crippen molar-refractivity contribution in [3.05, 3.63) is 64.0 Å². The summed E-state index contributed by atoms with van der Waals surface area (Å²) in [5.74, 6) is -0.557. The monoisotopic (exact) mass is 348 g/mol. The number of halogens is 3. The van der Waals surface area contributed by atoms with Crippen molar-refractivity contribution in [2.45, 2.75) is 19.4 Å². The first-order valence-corrected chi connectivity index (χ1v) is 7.54. The van der Waals surface area contributed by atoms with Crippen molar-refractivity contribution in [3.63, 3.8) is 0 Å². The summed E-state index contributed by atoms with van der Waals surface area (Å²) in [7, 11) is 1.58. The first kappa shape index (κ1) is 16.9. The Hall–Kier alpha value is -2.90. The van der Waals surface area contributed by atoms with Gasteiger partial charge in [0.1, 0.15) is 23.6 Å². The van der Waals surface area contributed by atoms with Crippen LogP contribution in [0, 0.1) is 5.82 Å². The lowest BCUT2D eigenvalue weighted by atomic mass is 10.0. The molecule has 5 nitrogen and oxygen atoms in total. The molecule has 1 unspecified atom stereocenters. The van der Waals surface area contributed by atoms with Gasteiger partial charge in [-0.25, -0.2) is 23.1 Å². The van der Waals surface area contributed by atoms with E-state index in [0.717, 1.165) is 6.07 Å². The van der Waals surface area contributed by atoms with Crippen molar-refractivity contribution in [2.75, 3.05) is 5.32 Å². The van der Waals surface area contributed by atoms with Gasteiger partial charge in [-0.3, -0.25) is 9.36 Å². The SMILES string of the molecule is CC(Nc1ncnc2c1ccc(=O)n2C)c1cccc(C(F)F)c1F. The fourth-order valence-corrected chi connectivity index (χ4v) is 2.65. The fourth-order valence-electron chi connectivity index (χ4n) is 2.65. The zero-order chi connectivity index (χ0) is 18.1. The van der Waals surface area contributed by atoms with Crippen LogP contribution >= 0.6 is 0 Å². The lowest BCUT2D eigenvalue weighted by molar-refractivity contribution is 0.146. The molecule has 25 heavy (non-hydrogen) atoms.